The first-order valence-electron chi connectivity index (χ1n) is 4.71. The number of nitrogens with zero attached hydrogens (tertiary/aromatic N) is 2. The highest BCUT2D eigenvalue weighted by Crippen LogP contribution is 2.16. The van der Waals surface area contributed by atoms with Crippen molar-refractivity contribution in [3.63, 3.8) is 0 Å². The molecule has 90 valence electrons. The van der Waals surface area contributed by atoms with Crippen LogP contribution in [0.1, 0.15) is 24.2 Å². The van der Waals surface area contributed by atoms with Gasteiger partial charge in [-0.25, -0.2) is 13.2 Å². The van der Waals surface area contributed by atoms with Crippen molar-refractivity contribution in [2.24, 2.45) is 0 Å². The van der Waals surface area contributed by atoms with Crippen LogP contribution >= 0.6 is 0 Å². The Balaban J connectivity index is 3.27. The van der Waals surface area contributed by atoms with Crippen LogP contribution in [0.4, 0.5) is 0 Å². The lowest BCUT2D eigenvalue weighted by atomic mass is 10.4. The quantitative estimate of drug-likeness (QED) is 0.770. The van der Waals surface area contributed by atoms with Crippen LogP contribution < -0.4 is 0 Å². The minimum Gasteiger partial charge on any atom is -0.478 e. The Bertz CT molecular complexity index is 475. The molecule has 1 aromatic rings. The summed E-state index contributed by atoms with van der Waals surface area (Å²) < 4.78 is 25.1. The van der Waals surface area contributed by atoms with Gasteiger partial charge in [-0.2, -0.15) is 9.40 Å². The minimum absolute atomic E-state index is 0.275. The van der Waals surface area contributed by atoms with E-state index in [0.29, 0.717) is 0 Å². The van der Waals surface area contributed by atoms with Gasteiger partial charge in [0.2, 0.25) is 0 Å². The lowest BCUT2D eigenvalue weighted by Crippen LogP contribution is -2.31. The molecule has 0 spiro atoms. The van der Waals surface area contributed by atoms with Crippen molar-refractivity contribution < 1.29 is 18.3 Å². The fraction of sp³-hybridized carbons (Fsp3) is 0.500. The number of rotatable bonds is 5. The van der Waals surface area contributed by atoms with E-state index in [1.54, 1.807) is 13.8 Å². The van der Waals surface area contributed by atoms with Crippen LogP contribution in [0.3, 0.4) is 0 Å². The minimum atomic E-state index is -3.80. The molecule has 0 aromatic carbocycles. The number of aromatic carboxylic acids is 1. The number of carbonyl (C=O) groups is 1. The van der Waals surface area contributed by atoms with Gasteiger partial charge in [-0.15, -0.1) is 0 Å². The number of nitrogens with one attached hydrogen (secondary N) is 1. The van der Waals surface area contributed by atoms with E-state index in [2.05, 4.69) is 10.2 Å². The van der Waals surface area contributed by atoms with Gasteiger partial charge in [0.25, 0.3) is 10.0 Å². The normalized spacial score (nSPS) is 11.9. The zero-order valence-corrected chi connectivity index (χ0v) is 9.78. The molecule has 0 saturated heterocycles. The Morgan fingerprint density at radius 1 is 1.50 bits per heavy atom. The number of carboxylic acid groups (broad SMARTS) is 1. The summed E-state index contributed by atoms with van der Waals surface area (Å²) in [6, 6.07) is 0. The second-order valence-corrected chi connectivity index (χ2v) is 4.88. The summed E-state index contributed by atoms with van der Waals surface area (Å²) >= 11 is 0. The largest absolute Gasteiger partial charge is 0.478 e. The van der Waals surface area contributed by atoms with E-state index in [1.165, 1.54) is 0 Å². The monoisotopic (exact) mass is 247 g/mol. The first-order chi connectivity index (χ1) is 7.45. The Hall–Kier alpha value is -1.41. The molecule has 16 heavy (non-hydrogen) atoms. The standard InChI is InChI=1S/C8H13N3O4S/c1-3-11(4-2)16(14,15)7-6(8(12)13)5-9-10-7/h5H,3-4H2,1-2H3,(H,9,10)(H,12,13). The lowest BCUT2D eigenvalue weighted by Gasteiger charge is -2.17. The van der Waals surface area contributed by atoms with E-state index >= 15 is 0 Å². The smallest absolute Gasteiger partial charge is 0.340 e. The van der Waals surface area contributed by atoms with Gasteiger partial charge in [0.1, 0.15) is 5.56 Å². The van der Waals surface area contributed by atoms with Gasteiger partial charge in [-0.05, 0) is 0 Å². The topological polar surface area (TPSA) is 103 Å². The summed E-state index contributed by atoms with van der Waals surface area (Å²) in [6.45, 7) is 3.91. The van der Waals surface area contributed by atoms with E-state index in [4.69, 9.17) is 5.11 Å². The average Bonchev–Trinajstić information content (AvgIpc) is 2.67. The number of aromatic nitrogens is 2. The summed E-state index contributed by atoms with van der Waals surface area (Å²) in [7, 11) is -3.80. The fourth-order valence-electron chi connectivity index (χ4n) is 1.32. The molecule has 0 aliphatic heterocycles. The molecule has 1 heterocycles. The van der Waals surface area contributed by atoms with E-state index in [0.717, 1.165) is 10.5 Å². The molecule has 0 aliphatic carbocycles. The van der Waals surface area contributed by atoms with Crippen LogP contribution in [0, 0.1) is 0 Å². The van der Waals surface area contributed by atoms with E-state index in [9.17, 15) is 13.2 Å². The number of hydrogen-bond acceptors (Lipinski definition) is 4. The summed E-state index contributed by atoms with van der Waals surface area (Å²) in [4.78, 5) is 10.8. The molecule has 1 aromatic heterocycles. The Kier molecular flexibility index (Phi) is 3.66. The van der Waals surface area contributed by atoms with Gasteiger partial charge in [0, 0.05) is 13.1 Å². The molecule has 0 atom stereocenters. The highest BCUT2D eigenvalue weighted by molar-refractivity contribution is 7.89. The molecular formula is C8H13N3O4S. The van der Waals surface area contributed by atoms with Gasteiger partial charge in [0.15, 0.2) is 5.03 Å². The maximum absolute atomic E-state index is 12.0. The molecule has 8 heteroatoms. The van der Waals surface area contributed by atoms with Crippen LogP contribution in [0.5, 0.6) is 0 Å². The molecule has 2 N–H and O–H groups in total. The van der Waals surface area contributed by atoms with Crippen molar-refractivity contribution >= 4 is 16.0 Å². The van der Waals surface area contributed by atoms with Gasteiger partial charge in [-0.3, -0.25) is 5.10 Å². The number of sulfonamides is 1. The Labute approximate surface area is 93.1 Å². The van der Waals surface area contributed by atoms with Crippen LogP contribution in [0.15, 0.2) is 11.2 Å². The van der Waals surface area contributed by atoms with Crippen molar-refractivity contribution in [3.05, 3.63) is 11.8 Å². The maximum atomic E-state index is 12.0. The summed E-state index contributed by atoms with van der Waals surface area (Å²) in [5, 5.41) is 14.1. The molecule has 0 fully saturated rings. The maximum Gasteiger partial charge on any atom is 0.340 e. The van der Waals surface area contributed by atoms with Crippen LogP contribution in [0.25, 0.3) is 0 Å². The van der Waals surface area contributed by atoms with Gasteiger partial charge in [0.05, 0.1) is 6.20 Å². The molecular weight excluding hydrogens is 234 g/mol. The Morgan fingerprint density at radius 2 is 2.06 bits per heavy atom. The first kappa shape index (κ1) is 12.7. The first-order valence-corrected chi connectivity index (χ1v) is 6.15. The summed E-state index contributed by atoms with van der Waals surface area (Å²) in [5.74, 6) is -1.32. The predicted molar refractivity (Wildman–Crippen MR) is 55.7 cm³/mol. The third-order valence-electron chi connectivity index (χ3n) is 2.14. The predicted octanol–water partition coefficient (Wildman–Crippen LogP) is 0.138. The second kappa shape index (κ2) is 4.62. The molecule has 0 aliphatic rings. The number of carboxylic acids is 1. The zero-order chi connectivity index (χ0) is 12.3. The van der Waals surface area contributed by atoms with Crippen LogP contribution in [-0.4, -0.2) is 47.1 Å². The molecule has 7 nitrogen and oxygen atoms in total. The molecule has 0 unspecified atom stereocenters. The number of H-pyrrole nitrogens is 1. The van der Waals surface area contributed by atoms with Crippen LogP contribution in [-0.2, 0) is 10.0 Å². The van der Waals surface area contributed by atoms with Crippen molar-refractivity contribution in [2.45, 2.75) is 18.9 Å². The number of hydrogen-bond donors (Lipinski definition) is 2. The molecule has 0 bridgehead atoms. The van der Waals surface area contributed by atoms with E-state index in [-0.39, 0.29) is 23.7 Å². The molecule has 0 saturated carbocycles. The number of aromatic amines is 1. The molecule has 1 rings (SSSR count). The highest BCUT2D eigenvalue weighted by atomic mass is 32.2. The van der Waals surface area contributed by atoms with Gasteiger partial charge >= 0.3 is 5.97 Å². The summed E-state index contributed by atoms with van der Waals surface area (Å²) in [5.41, 5.74) is -0.341. The van der Waals surface area contributed by atoms with Gasteiger partial charge < -0.3 is 5.11 Å². The molecule has 0 amide bonds. The second-order valence-electron chi connectivity index (χ2n) is 3.01. The van der Waals surface area contributed by atoms with Crippen molar-refractivity contribution in [1.29, 1.82) is 0 Å². The fourth-order valence-corrected chi connectivity index (χ4v) is 2.84. The average molecular weight is 247 g/mol. The van der Waals surface area contributed by atoms with Crippen molar-refractivity contribution in [2.75, 3.05) is 13.1 Å². The van der Waals surface area contributed by atoms with E-state index < -0.39 is 16.0 Å². The zero-order valence-electron chi connectivity index (χ0n) is 8.97. The summed E-state index contributed by atoms with van der Waals surface area (Å²) in [6.07, 6.45) is 0.985. The molecule has 0 radical (unpaired) electrons. The van der Waals surface area contributed by atoms with Gasteiger partial charge in [-0.1, -0.05) is 13.8 Å². The lowest BCUT2D eigenvalue weighted by molar-refractivity contribution is 0.0692. The Morgan fingerprint density at radius 3 is 2.50 bits per heavy atom. The van der Waals surface area contributed by atoms with E-state index in [1.807, 2.05) is 0 Å². The van der Waals surface area contributed by atoms with Crippen LogP contribution in [0.2, 0.25) is 0 Å². The third kappa shape index (κ3) is 2.07. The third-order valence-corrected chi connectivity index (χ3v) is 4.16. The highest BCUT2D eigenvalue weighted by Gasteiger charge is 2.29. The van der Waals surface area contributed by atoms with Crippen molar-refractivity contribution in [3.8, 4) is 0 Å². The van der Waals surface area contributed by atoms with Crippen molar-refractivity contribution in [1.82, 2.24) is 14.5 Å². The SMILES string of the molecule is CCN(CC)S(=O)(=O)c1[nH]ncc1C(=O)O.